The largest absolute Gasteiger partial charge is 0.490 e. The molecule has 0 aliphatic carbocycles. The highest BCUT2D eigenvalue weighted by molar-refractivity contribution is 5.40. The number of methoxy groups -OCH3 is 2. The van der Waals surface area contributed by atoms with E-state index >= 15 is 0 Å². The van der Waals surface area contributed by atoms with E-state index < -0.39 is 0 Å². The molecule has 0 saturated carbocycles. The molecular weight excluding hydrogens is 224 g/mol. The van der Waals surface area contributed by atoms with Crippen molar-refractivity contribution in [3.8, 4) is 0 Å². The van der Waals surface area contributed by atoms with Crippen LogP contribution >= 0.6 is 0 Å². The van der Waals surface area contributed by atoms with Gasteiger partial charge in [0.25, 0.3) is 0 Å². The van der Waals surface area contributed by atoms with Gasteiger partial charge in [0.1, 0.15) is 0 Å². The maximum Gasteiger partial charge on any atom is 0.330 e. The van der Waals surface area contributed by atoms with E-state index in [0.717, 1.165) is 5.57 Å². The molecular formula is C12H18O5. The zero-order chi connectivity index (χ0) is 13.1. The highest BCUT2D eigenvalue weighted by atomic mass is 16.7. The summed E-state index contributed by atoms with van der Waals surface area (Å²) in [6.45, 7) is 6.80. The summed E-state index contributed by atoms with van der Waals surface area (Å²) < 4.78 is 19.8. The molecule has 0 saturated heterocycles. The molecule has 0 heterocycles. The van der Waals surface area contributed by atoms with Crippen LogP contribution in [0.2, 0.25) is 0 Å². The molecule has 0 aromatic rings. The summed E-state index contributed by atoms with van der Waals surface area (Å²) in [5.41, 5.74) is 0.785. The van der Waals surface area contributed by atoms with Crippen LogP contribution in [-0.2, 0) is 23.7 Å². The van der Waals surface area contributed by atoms with Crippen LogP contribution in [0, 0.1) is 0 Å². The van der Waals surface area contributed by atoms with E-state index in [4.69, 9.17) is 14.2 Å². The van der Waals surface area contributed by atoms with Gasteiger partial charge in [-0.2, -0.15) is 0 Å². The average molecular weight is 242 g/mol. The second kappa shape index (κ2) is 9.47. The van der Waals surface area contributed by atoms with Gasteiger partial charge >= 0.3 is 12.4 Å². The number of rotatable bonds is 9. The van der Waals surface area contributed by atoms with Gasteiger partial charge in [-0.05, 0) is 18.6 Å². The first kappa shape index (κ1) is 15.2. The first-order chi connectivity index (χ1) is 8.23. The van der Waals surface area contributed by atoms with Crippen molar-refractivity contribution in [1.29, 1.82) is 0 Å². The Balaban J connectivity index is 5.00. The fourth-order valence-corrected chi connectivity index (χ4v) is 0.999. The van der Waals surface area contributed by atoms with E-state index in [2.05, 4.69) is 11.3 Å². The van der Waals surface area contributed by atoms with Crippen molar-refractivity contribution in [2.45, 2.75) is 6.92 Å². The van der Waals surface area contributed by atoms with Crippen molar-refractivity contribution < 1.29 is 23.7 Å². The summed E-state index contributed by atoms with van der Waals surface area (Å²) in [7, 11) is 2.82. The van der Waals surface area contributed by atoms with Gasteiger partial charge in [0.05, 0.1) is 20.8 Å². The van der Waals surface area contributed by atoms with Crippen LogP contribution < -0.4 is 0 Å². The Bertz CT molecular complexity index is 304. The van der Waals surface area contributed by atoms with Crippen molar-refractivity contribution in [2.24, 2.45) is 0 Å². The summed E-state index contributed by atoms with van der Waals surface area (Å²) in [4.78, 5) is 10.3. The molecule has 5 nitrogen and oxygen atoms in total. The SMILES string of the molecule is C=C/C(=C\C(OC)=C(/OC)OC=O)COCC. The number of allylic oxidation sites excluding steroid dienone is 1. The Kier molecular flexibility index (Phi) is 8.50. The molecule has 0 amide bonds. The third-order valence-electron chi connectivity index (χ3n) is 1.81. The van der Waals surface area contributed by atoms with E-state index in [1.54, 1.807) is 12.2 Å². The van der Waals surface area contributed by atoms with Crippen LogP contribution in [0.3, 0.4) is 0 Å². The lowest BCUT2D eigenvalue weighted by Crippen LogP contribution is -2.02. The lowest BCUT2D eigenvalue weighted by Gasteiger charge is -2.09. The summed E-state index contributed by atoms with van der Waals surface area (Å²) in [5.74, 6) is 0.271. The predicted octanol–water partition coefficient (Wildman–Crippen LogP) is 1.77. The van der Waals surface area contributed by atoms with Crippen LogP contribution in [0.1, 0.15) is 6.92 Å². The van der Waals surface area contributed by atoms with Gasteiger partial charge < -0.3 is 18.9 Å². The Morgan fingerprint density at radius 1 is 1.29 bits per heavy atom. The number of ether oxygens (including phenoxy) is 4. The fraction of sp³-hybridized carbons (Fsp3) is 0.417. The lowest BCUT2D eigenvalue weighted by molar-refractivity contribution is -0.130. The molecule has 0 unspecified atom stereocenters. The molecule has 0 N–H and O–H groups in total. The van der Waals surface area contributed by atoms with E-state index in [1.165, 1.54) is 14.2 Å². The van der Waals surface area contributed by atoms with Gasteiger partial charge in [-0.25, -0.2) is 0 Å². The molecule has 0 atom stereocenters. The van der Waals surface area contributed by atoms with Gasteiger partial charge in [0.15, 0.2) is 0 Å². The predicted molar refractivity (Wildman–Crippen MR) is 63.0 cm³/mol. The zero-order valence-electron chi connectivity index (χ0n) is 10.4. The number of carbonyl (C=O) groups excluding carboxylic acids is 1. The first-order valence-electron chi connectivity index (χ1n) is 5.06. The van der Waals surface area contributed by atoms with Gasteiger partial charge in [0, 0.05) is 6.61 Å². The van der Waals surface area contributed by atoms with Crippen molar-refractivity contribution >= 4 is 6.47 Å². The molecule has 0 aliphatic rings. The Labute approximate surface area is 101 Å². The molecule has 0 bridgehead atoms. The van der Waals surface area contributed by atoms with Crippen molar-refractivity contribution in [1.82, 2.24) is 0 Å². The minimum absolute atomic E-state index is 0.0154. The number of hydrogen-bond acceptors (Lipinski definition) is 5. The number of carbonyl (C=O) groups is 1. The monoisotopic (exact) mass is 242 g/mol. The average Bonchev–Trinajstić information content (AvgIpc) is 2.37. The molecule has 0 aliphatic heterocycles. The second-order valence-corrected chi connectivity index (χ2v) is 2.83. The molecule has 96 valence electrons. The normalized spacial score (nSPS) is 12.5. The molecule has 0 radical (unpaired) electrons. The van der Waals surface area contributed by atoms with E-state index in [9.17, 15) is 4.79 Å². The van der Waals surface area contributed by atoms with E-state index in [1.807, 2.05) is 6.92 Å². The quantitative estimate of drug-likeness (QED) is 0.350. The van der Waals surface area contributed by atoms with Gasteiger partial charge in [-0.1, -0.05) is 12.7 Å². The molecule has 0 fully saturated rings. The maximum atomic E-state index is 10.3. The lowest BCUT2D eigenvalue weighted by atomic mass is 10.2. The Hall–Kier alpha value is -1.75. The molecule has 0 rings (SSSR count). The third-order valence-corrected chi connectivity index (χ3v) is 1.81. The second-order valence-electron chi connectivity index (χ2n) is 2.83. The van der Waals surface area contributed by atoms with Crippen molar-refractivity contribution in [2.75, 3.05) is 27.4 Å². The fourth-order valence-electron chi connectivity index (χ4n) is 0.999. The molecule has 0 aromatic carbocycles. The third kappa shape index (κ3) is 5.77. The Morgan fingerprint density at radius 3 is 2.41 bits per heavy atom. The molecule has 0 aromatic heterocycles. The highest BCUT2D eigenvalue weighted by Crippen LogP contribution is 2.12. The van der Waals surface area contributed by atoms with E-state index in [-0.39, 0.29) is 18.2 Å². The van der Waals surface area contributed by atoms with Gasteiger partial charge in [-0.3, -0.25) is 4.79 Å². The van der Waals surface area contributed by atoms with Gasteiger partial charge in [-0.15, -0.1) is 0 Å². The van der Waals surface area contributed by atoms with Crippen molar-refractivity contribution in [3.05, 3.63) is 36.0 Å². The molecule has 17 heavy (non-hydrogen) atoms. The molecule has 5 heteroatoms. The summed E-state index contributed by atoms with van der Waals surface area (Å²) in [6.07, 6.45) is 3.26. The minimum Gasteiger partial charge on any atom is -0.490 e. The van der Waals surface area contributed by atoms with Crippen LogP contribution in [0.5, 0.6) is 0 Å². The van der Waals surface area contributed by atoms with Crippen LogP contribution in [0.25, 0.3) is 0 Å². The zero-order valence-corrected chi connectivity index (χ0v) is 10.4. The number of hydrogen-bond donors (Lipinski definition) is 0. The van der Waals surface area contributed by atoms with Crippen molar-refractivity contribution in [3.63, 3.8) is 0 Å². The topological polar surface area (TPSA) is 54.0 Å². The van der Waals surface area contributed by atoms with Crippen LogP contribution in [0.4, 0.5) is 0 Å². The first-order valence-corrected chi connectivity index (χ1v) is 5.06. The molecule has 0 spiro atoms. The maximum absolute atomic E-state index is 10.3. The van der Waals surface area contributed by atoms with Gasteiger partial charge in [0.2, 0.25) is 5.76 Å². The summed E-state index contributed by atoms with van der Waals surface area (Å²) in [6, 6.07) is 0. The Morgan fingerprint density at radius 2 is 2.00 bits per heavy atom. The smallest absolute Gasteiger partial charge is 0.330 e. The van der Waals surface area contributed by atoms with E-state index in [0.29, 0.717) is 13.2 Å². The minimum atomic E-state index is -0.0154. The van der Waals surface area contributed by atoms with Crippen LogP contribution in [-0.4, -0.2) is 33.9 Å². The standard InChI is InChI=1S/C12H18O5/c1-5-10(8-16-6-2)7-11(14-3)12(15-4)17-9-13/h5,7,9H,1,6,8H2,2-4H3/b10-7+,12-11-. The summed E-state index contributed by atoms with van der Waals surface area (Å²) in [5, 5.41) is 0. The highest BCUT2D eigenvalue weighted by Gasteiger charge is 2.08. The summed E-state index contributed by atoms with van der Waals surface area (Å²) >= 11 is 0. The van der Waals surface area contributed by atoms with Crippen LogP contribution in [0.15, 0.2) is 36.0 Å².